The maximum atomic E-state index is 13.4. The Labute approximate surface area is 227 Å². The molecule has 2 saturated heterocycles. The molecule has 2 aromatic carbocycles. The minimum absolute atomic E-state index is 0.00859. The fourth-order valence-corrected chi connectivity index (χ4v) is 5.71. The molecule has 1 spiro atoms. The molecule has 4 heterocycles. The van der Waals surface area contributed by atoms with Gasteiger partial charge in [0.1, 0.15) is 24.2 Å². The predicted molar refractivity (Wildman–Crippen MR) is 146 cm³/mol. The van der Waals surface area contributed by atoms with Crippen molar-refractivity contribution in [1.82, 2.24) is 20.5 Å². The summed E-state index contributed by atoms with van der Waals surface area (Å²) in [5.74, 6) is 0.391. The van der Waals surface area contributed by atoms with Crippen LogP contribution in [0, 0.1) is 6.92 Å². The third kappa shape index (κ3) is 5.21. The summed E-state index contributed by atoms with van der Waals surface area (Å²) in [4.78, 5) is 34.5. The molecule has 0 bridgehead atoms. The van der Waals surface area contributed by atoms with Gasteiger partial charge < -0.3 is 24.6 Å². The van der Waals surface area contributed by atoms with Crippen LogP contribution in [-0.2, 0) is 16.0 Å². The molecule has 0 saturated carbocycles. The number of rotatable bonds is 5. The van der Waals surface area contributed by atoms with Gasteiger partial charge in [-0.1, -0.05) is 29.8 Å². The van der Waals surface area contributed by atoms with Crippen LogP contribution in [0.2, 0.25) is 0 Å². The standard InChI is InChI=1S/C29H34N6O4/c1-19-4-6-20(7-5-19)16-25-31-26(33-32-25)27(36)30-22-18-38-24-9-8-21(17-23(24)34(2)28(22)37)35-13-11-29(12-14-35)10-3-15-39-29/h4-9,17,22H,3,10-16,18H2,1-2H3,(H,30,36)(H,31,32,33)/t22-/m0/s1. The summed E-state index contributed by atoms with van der Waals surface area (Å²) < 4.78 is 12.1. The van der Waals surface area contributed by atoms with E-state index in [2.05, 4.69) is 25.4 Å². The maximum absolute atomic E-state index is 13.4. The van der Waals surface area contributed by atoms with Crippen molar-refractivity contribution in [2.75, 3.05) is 43.2 Å². The predicted octanol–water partition coefficient (Wildman–Crippen LogP) is 3.01. The van der Waals surface area contributed by atoms with E-state index in [0.29, 0.717) is 23.7 Å². The number of nitrogens with one attached hydrogen (secondary N) is 2. The van der Waals surface area contributed by atoms with E-state index in [1.165, 1.54) is 5.56 Å². The SMILES string of the molecule is Cc1ccc(Cc2nc(C(=O)N[C@H]3COc4ccc(N5CCC6(CCCO6)CC5)cc4N(C)C3=O)n[nH]2)cc1. The molecule has 10 heteroatoms. The first-order valence-electron chi connectivity index (χ1n) is 13.6. The normalized spacial score (nSPS) is 20.5. The summed E-state index contributed by atoms with van der Waals surface area (Å²) in [6.07, 6.45) is 4.84. The number of hydrogen-bond acceptors (Lipinski definition) is 7. The quantitative estimate of drug-likeness (QED) is 0.522. The summed E-state index contributed by atoms with van der Waals surface area (Å²) in [6.45, 7) is 4.75. The highest BCUT2D eigenvalue weighted by atomic mass is 16.5. The topological polar surface area (TPSA) is 113 Å². The molecule has 2 fully saturated rings. The number of fused-ring (bicyclic) bond motifs is 1. The van der Waals surface area contributed by atoms with Gasteiger partial charge in [-0.15, -0.1) is 5.10 Å². The number of H-pyrrole nitrogens is 1. The van der Waals surface area contributed by atoms with Crippen molar-refractivity contribution in [3.63, 3.8) is 0 Å². The largest absolute Gasteiger partial charge is 0.489 e. The summed E-state index contributed by atoms with van der Waals surface area (Å²) >= 11 is 0. The van der Waals surface area contributed by atoms with Crippen molar-refractivity contribution in [2.24, 2.45) is 0 Å². The van der Waals surface area contributed by atoms with Gasteiger partial charge in [0.2, 0.25) is 5.82 Å². The number of amides is 2. The molecule has 3 aliphatic rings. The molecule has 1 aromatic heterocycles. The lowest BCUT2D eigenvalue weighted by atomic mass is 9.88. The van der Waals surface area contributed by atoms with E-state index in [4.69, 9.17) is 9.47 Å². The highest BCUT2D eigenvalue weighted by Gasteiger charge is 2.39. The molecular weight excluding hydrogens is 496 g/mol. The van der Waals surface area contributed by atoms with E-state index < -0.39 is 11.9 Å². The van der Waals surface area contributed by atoms with Crippen LogP contribution in [0.15, 0.2) is 42.5 Å². The number of carbonyl (C=O) groups excluding carboxylic acids is 2. The van der Waals surface area contributed by atoms with Gasteiger partial charge in [-0.25, -0.2) is 4.98 Å². The van der Waals surface area contributed by atoms with E-state index in [9.17, 15) is 9.59 Å². The van der Waals surface area contributed by atoms with Crippen LogP contribution in [0.3, 0.4) is 0 Å². The van der Waals surface area contributed by atoms with E-state index >= 15 is 0 Å². The van der Waals surface area contributed by atoms with Gasteiger partial charge in [-0.05, 0) is 56.4 Å². The molecule has 3 aromatic rings. The zero-order chi connectivity index (χ0) is 27.0. The lowest BCUT2D eigenvalue weighted by Gasteiger charge is -2.40. The molecule has 6 rings (SSSR count). The average Bonchev–Trinajstić information content (AvgIpc) is 3.59. The Morgan fingerprint density at radius 3 is 2.69 bits per heavy atom. The van der Waals surface area contributed by atoms with E-state index in [1.54, 1.807) is 11.9 Å². The van der Waals surface area contributed by atoms with Gasteiger partial charge in [0.25, 0.3) is 11.8 Å². The van der Waals surface area contributed by atoms with Crippen LogP contribution in [0.4, 0.5) is 11.4 Å². The van der Waals surface area contributed by atoms with Crippen molar-refractivity contribution in [1.29, 1.82) is 0 Å². The number of piperidine rings is 1. The van der Waals surface area contributed by atoms with Gasteiger partial charge in [0.15, 0.2) is 0 Å². The molecule has 1 atom stereocenters. The van der Waals surface area contributed by atoms with Crippen molar-refractivity contribution in [3.8, 4) is 5.75 Å². The van der Waals surface area contributed by atoms with Crippen molar-refractivity contribution >= 4 is 23.2 Å². The van der Waals surface area contributed by atoms with Crippen LogP contribution >= 0.6 is 0 Å². The number of anilines is 2. The number of nitrogens with zero attached hydrogens (tertiary/aromatic N) is 4. The Bertz CT molecular complexity index is 1350. The summed E-state index contributed by atoms with van der Waals surface area (Å²) in [7, 11) is 1.71. The number of benzene rings is 2. The summed E-state index contributed by atoms with van der Waals surface area (Å²) in [5, 5.41) is 9.65. The van der Waals surface area contributed by atoms with Crippen molar-refractivity contribution in [3.05, 3.63) is 65.2 Å². The molecule has 0 radical (unpaired) electrons. The first-order chi connectivity index (χ1) is 18.9. The second-order valence-corrected chi connectivity index (χ2v) is 10.8. The third-order valence-electron chi connectivity index (χ3n) is 8.10. The van der Waals surface area contributed by atoms with Crippen LogP contribution in [0.5, 0.6) is 5.75 Å². The average molecular weight is 531 g/mol. The molecular formula is C29H34N6O4. The number of aromatic amines is 1. The Hall–Kier alpha value is -3.92. The van der Waals surface area contributed by atoms with Crippen LogP contribution < -0.4 is 19.9 Å². The van der Waals surface area contributed by atoms with Crippen molar-refractivity contribution in [2.45, 2.75) is 50.7 Å². The zero-order valence-electron chi connectivity index (χ0n) is 22.4. The zero-order valence-corrected chi connectivity index (χ0v) is 22.4. The Morgan fingerprint density at radius 2 is 1.95 bits per heavy atom. The Morgan fingerprint density at radius 1 is 1.15 bits per heavy atom. The van der Waals surface area contributed by atoms with Gasteiger partial charge in [-0.3, -0.25) is 14.7 Å². The van der Waals surface area contributed by atoms with Crippen LogP contribution in [0.25, 0.3) is 0 Å². The number of aromatic nitrogens is 3. The Kier molecular flexibility index (Phi) is 6.72. The van der Waals surface area contributed by atoms with Gasteiger partial charge in [0, 0.05) is 38.9 Å². The molecule has 10 nitrogen and oxygen atoms in total. The number of likely N-dealkylation sites (N-methyl/N-ethyl adjacent to an activating group) is 1. The monoisotopic (exact) mass is 530 g/mol. The van der Waals surface area contributed by atoms with E-state index in [0.717, 1.165) is 56.6 Å². The number of hydrogen-bond donors (Lipinski definition) is 2. The van der Waals surface area contributed by atoms with Crippen LogP contribution in [-0.4, -0.2) is 72.0 Å². The summed E-state index contributed by atoms with van der Waals surface area (Å²) in [5.41, 5.74) is 4.02. The highest BCUT2D eigenvalue weighted by Crippen LogP contribution is 2.39. The molecule has 3 aliphatic heterocycles. The lowest BCUT2D eigenvalue weighted by Crippen LogP contribution is -2.49. The first kappa shape index (κ1) is 25.4. The van der Waals surface area contributed by atoms with Gasteiger partial charge in [0.05, 0.1) is 11.3 Å². The number of carbonyl (C=O) groups is 2. The van der Waals surface area contributed by atoms with E-state index in [1.807, 2.05) is 49.4 Å². The number of aryl methyl sites for hydroxylation is 1. The molecule has 2 amide bonds. The van der Waals surface area contributed by atoms with Gasteiger partial charge >= 0.3 is 0 Å². The molecule has 204 valence electrons. The summed E-state index contributed by atoms with van der Waals surface area (Å²) in [6, 6.07) is 13.2. The smallest absolute Gasteiger partial charge is 0.291 e. The fraction of sp³-hybridized carbons (Fsp3) is 0.448. The second kappa shape index (κ2) is 10.3. The Balaban J connectivity index is 1.10. The molecule has 39 heavy (non-hydrogen) atoms. The van der Waals surface area contributed by atoms with E-state index in [-0.39, 0.29) is 23.9 Å². The first-order valence-corrected chi connectivity index (χ1v) is 13.6. The number of ether oxygens (including phenoxy) is 2. The third-order valence-corrected chi connectivity index (χ3v) is 8.10. The van der Waals surface area contributed by atoms with Crippen molar-refractivity contribution < 1.29 is 19.1 Å². The molecule has 0 unspecified atom stereocenters. The molecule has 2 N–H and O–H groups in total. The molecule has 0 aliphatic carbocycles. The maximum Gasteiger partial charge on any atom is 0.291 e. The van der Waals surface area contributed by atoms with Crippen LogP contribution in [0.1, 0.15) is 53.3 Å². The lowest BCUT2D eigenvalue weighted by molar-refractivity contribution is -0.120. The fourth-order valence-electron chi connectivity index (χ4n) is 5.71. The van der Waals surface area contributed by atoms with Gasteiger partial charge in [-0.2, -0.15) is 0 Å². The minimum atomic E-state index is -0.869. The minimum Gasteiger partial charge on any atom is -0.489 e. The second-order valence-electron chi connectivity index (χ2n) is 10.8. The highest BCUT2D eigenvalue weighted by molar-refractivity contribution is 6.02.